The Hall–Kier alpha value is -0.287. The molecule has 0 amide bonds. The van der Waals surface area contributed by atoms with Crippen molar-refractivity contribution in [3.8, 4) is 0 Å². The second-order valence-electron chi connectivity index (χ2n) is 5.02. The van der Waals surface area contributed by atoms with E-state index in [0.29, 0.717) is 0 Å². The van der Waals surface area contributed by atoms with Gasteiger partial charge in [-0.1, -0.05) is 55.4 Å². The summed E-state index contributed by atoms with van der Waals surface area (Å²) in [6.45, 7) is 0. The SMILES string of the molecule is C1=CCC([C-]2CCCCC2C2=CC=CC2)=C1.[H-].[H-].[H-].[Zr+4]. The van der Waals surface area contributed by atoms with Gasteiger partial charge in [-0.25, -0.2) is 17.6 Å². The Morgan fingerprint density at radius 1 is 1.06 bits per heavy atom. The fourth-order valence-corrected chi connectivity index (χ4v) is 3.21. The molecule has 0 bridgehead atoms. The zero-order chi connectivity index (χ0) is 10.8. The van der Waals surface area contributed by atoms with Gasteiger partial charge in [-0.05, 0) is 12.8 Å². The molecule has 0 N–H and O–H groups in total. The van der Waals surface area contributed by atoms with Gasteiger partial charge in [-0.15, -0.1) is 12.2 Å². The number of rotatable bonds is 2. The third kappa shape index (κ3) is 2.76. The summed E-state index contributed by atoms with van der Waals surface area (Å²) in [5.74, 6) is 2.50. The van der Waals surface area contributed by atoms with Crippen LogP contribution >= 0.6 is 0 Å². The van der Waals surface area contributed by atoms with Crippen LogP contribution in [0.25, 0.3) is 0 Å². The average molecular weight is 306 g/mol. The first-order valence-electron chi connectivity index (χ1n) is 6.52. The number of hydrogen-bond acceptors (Lipinski definition) is 0. The molecule has 1 saturated carbocycles. The minimum Gasteiger partial charge on any atom is -1.00 e. The van der Waals surface area contributed by atoms with Crippen molar-refractivity contribution in [3.63, 3.8) is 0 Å². The third-order valence-electron chi connectivity index (χ3n) is 4.04. The molecule has 0 aromatic rings. The van der Waals surface area contributed by atoms with Crippen molar-refractivity contribution in [2.24, 2.45) is 5.92 Å². The number of allylic oxidation sites excluding steroid dienone is 8. The van der Waals surface area contributed by atoms with Crippen molar-refractivity contribution in [3.05, 3.63) is 53.5 Å². The third-order valence-corrected chi connectivity index (χ3v) is 4.04. The van der Waals surface area contributed by atoms with Gasteiger partial charge in [-0.3, -0.25) is 0 Å². The Balaban J connectivity index is 0. The summed E-state index contributed by atoms with van der Waals surface area (Å²) in [5.41, 5.74) is 3.26. The molecule has 0 saturated heterocycles. The largest absolute Gasteiger partial charge is 4.00 e. The van der Waals surface area contributed by atoms with Crippen LogP contribution in [0.4, 0.5) is 0 Å². The molecule has 0 aliphatic heterocycles. The Bertz CT molecular complexity index is 359. The van der Waals surface area contributed by atoms with Gasteiger partial charge in [0.25, 0.3) is 0 Å². The van der Waals surface area contributed by atoms with Crippen LogP contribution in [0.1, 0.15) is 42.8 Å². The van der Waals surface area contributed by atoms with E-state index in [2.05, 4.69) is 36.5 Å². The minimum atomic E-state index is 0. The molecule has 3 aliphatic rings. The molecule has 1 fully saturated rings. The first-order chi connectivity index (χ1) is 7.95. The second-order valence-corrected chi connectivity index (χ2v) is 5.02. The topological polar surface area (TPSA) is 0 Å². The van der Waals surface area contributed by atoms with Crippen LogP contribution in [-0.2, 0) is 26.2 Å². The summed E-state index contributed by atoms with van der Waals surface area (Å²) in [4.78, 5) is 0. The molecule has 0 aromatic carbocycles. The molecule has 0 heterocycles. The molecule has 1 atom stereocenters. The molecule has 3 rings (SSSR count). The van der Waals surface area contributed by atoms with Crippen molar-refractivity contribution in [2.75, 3.05) is 0 Å². The monoisotopic (exact) mass is 304 g/mol. The van der Waals surface area contributed by atoms with E-state index in [1.807, 2.05) is 0 Å². The Labute approximate surface area is 128 Å². The molecule has 0 nitrogen and oxygen atoms in total. The maximum Gasteiger partial charge on any atom is 4.00 e. The van der Waals surface area contributed by atoms with Crippen LogP contribution in [0.15, 0.2) is 47.6 Å². The van der Waals surface area contributed by atoms with Crippen LogP contribution in [0.3, 0.4) is 0 Å². The summed E-state index contributed by atoms with van der Waals surface area (Å²) in [6.07, 6.45) is 21.6. The summed E-state index contributed by atoms with van der Waals surface area (Å²) in [6, 6.07) is 0. The fourth-order valence-electron chi connectivity index (χ4n) is 3.21. The van der Waals surface area contributed by atoms with Crippen molar-refractivity contribution >= 4 is 0 Å². The van der Waals surface area contributed by atoms with Gasteiger partial charge in [0.05, 0.1) is 0 Å². The van der Waals surface area contributed by atoms with Crippen LogP contribution < -0.4 is 0 Å². The minimum absolute atomic E-state index is 0. The average Bonchev–Trinajstić information content (AvgIpc) is 3.03. The first-order valence-corrected chi connectivity index (χ1v) is 6.52. The summed E-state index contributed by atoms with van der Waals surface area (Å²) < 4.78 is 0. The summed E-state index contributed by atoms with van der Waals surface area (Å²) in [5, 5.41) is 0. The molecule has 0 aromatic heterocycles. The van der Waals surface area contributed by atoms with Gasteiger partial charge >= 0.3 is 26.2 Å². The van der Waals surface area contributed by atoms with E-state index in [0.717, 1.165) is 5.92 Å². The van der Waals surface area contributed by atoms with Crippen molar-refractivity contribution in [2.45, 2.75) is 38.5 Å². The van der Waals surface area contributed by atoms with E-state index in [1.165, 1.54) is 38.5 Å². The predicted octanol–water partition coefficient (Wildman–Crippen LogP) is 4.86. The molecular formula is C16H22Zr. The molecule has 3 aliphatic carbocycles. The van der Waals surface area contributed by atoms with Crippen LogP contribution in [0.2, 0.25) is 0 Å². The van der Waals surface area contributed by atoms with Gasteiger partial charge < -0.3 is 4.28 Å². The predicted molar refractivity (Wildman–Crippen MR) is 72.2 cm³/mol. The normalized spacial score (nSPS) is 26.8. The molecule has 1 heteroatoms. The first kappa shape index (κ1) is 13.2. The van der Waals surface area contributed by atoms with Crippen molar-refractivity contribution in [1.29, 1.82) is 0 Å². The van der Waals surface area contributed by atoms with E-state index < -0.39 is 0 Å². The maximum atomic E-state index is 2.35. The Morgan fingerprint density at radius 2 is 1.88 bits per heavy atom. The van der Waals surface area contributed by atoms with E-state index in [-0.39, 0.29) is 30.5 Å². The van der Waals surface area contributed by atoms with Gasteiger partial charge in [0.2, 0.25) is 0 Å². The van der Waals surface area contributed by atoms with Gasteiger partial charge in [0.15, 0.2) is 0 Å². The fraction of sp³-hybridized carbons (Fsp3) is 0.438. The maximum absolute atomic E-state index is 2.35. The summed E-state index contributed by atoms with van der Waals surface area (Å²) in [7, 11) is 0. The second kappa shape index (κ2) is 6.05. The molecule has 0 spiro atoms. The van der Waals surface area contributed by atoms with Crippen molar-refractivity contribution in [1.82, 2.24) is 0 Å². The Kier molecular flexibility index (Phi) is 4.68. The quantitative estimate of drug-likeness (QED) is 0.639. The van der Waals surface area contributed by atoms with E-state index in [4.69, 9.17) is 0 Å². The molecule has 1 unspecified atom stereocenters. The zero-order valence-electron chi connectivity index (χ0n) is 13.3. The Morgan fingerprint density at radius 3 is 2.59 bits per heavy atom. The molecule has 0 radical (unpaired) electrons. The molecule has 90 valence electrons. The number of hydrogen-bond donors (Lipinski definition) is 0. The van der Waals surface area contributed by atoms with Crippen molar-refractivity contribution < 1.29 is 30.5 Å². The van der Waals surface area contributed by atoms with Crippen LogP contribution in [0, 0.1) is 11.8 Å². The van der Waals surface area contributed by atoms with Gasteiger partial charge in [0, 0.05) is 0 Å². The van der Waals surface area contributed by atoms with Gasteiger partial charge in [-0.2, -0.15) is 0 Å². The standard InChI is InChI=1S/C16H19.Zr.3H/c1-2-8-13(7-1)15-11-5-6-12-16(15)14-9-3-4-10-14;;;;/h1-4,7,9,15H,5-6,8,10-12H2;;;;/q-1;+4;3*-1. The van der Waals surface area contributed by atoms with Crippen LogP contribution in [0.5, 0.6) is 0 Å². The van der Waals surface area contributed by atoms with Crippen LogP contribution in [-0.4, -0.2) is 0 Å². The smallest absolute Gasteiger partial charge is 1.00 e. The summed E-state index contributed by atoms with van der Waals surface area (Å²) >= 11 is 0. The van der Waals surface area contributed by atoms with E-state index >= 15 is 0 Å². The van der Waals surface area contributed by atoms with E-state index in [9.17, 15) is 0 Å². The molecular weight excluding hydrogens is 283 g/mol. The molecule has 17 heavy (non-hydrogen) atoms. The van der Waals surface area contributed by atoms with E-state index in [1.54, 1.807) is 17.1 Å². The zero-order valence-corrected chi connectivity index (χ0v) is 12.7. The van der Waals surface area contributed by atoms with Gasteiger partial charge in [0.1, 0.15) is 0 Å².